The molecule has 4 heteroatoms. The van der Waals surface area contributed by atoms with Gasteiger partial charge in [0.25, 0.3) is 0 Å². The van der Waals surface area contributed by atoms with E-state index >= 15 is 0 Å². The van der Waals surface area contributed by atoms with E-state index in [9.17, 15) is 4.79 Å². The molecule has 0 radical (unpaired) electrons. The molecule has 0 saturated heterocycles. The molecule has 0 bridgehead atoms. The summed E-state index contributed by atoms with van der Waals surface area (Å²) in [7, 11) is 1.72. The second-order valence-electron chi connectivity index (χ2n) is 5.34. The smallest absolute Gasteiger partial charge is 0.223 e. The molecule has 0 aromatic carbocycles. The van der Waals surface area contributed by atoms with Crippen LogP contribution in [0.15, 0.2) is 0 Å². The van der Waals surface area contributed by atoms with Gasteiger partial charge in [0.2, 0.25) is 5.91 Å². The van der Waals surface area contributed by atoms with E-state index < -0.39 is 0 Å². The fourth-order valence-corrected chi connectivity index (χ4v) is 2.10. The van der Waals surface area contributed by atoms with Gasteiger partial charge < -0.3 is 15.8 Å². The molecule has 0 aromatic heterocycles. The summed E-state index contributed by atoms with van der Waals surface area (Å²) in [5, 5.41) is 3.07. The number of nitrogens with two attached hydrogens (primary N) is 1. The first kappa shape index (κ1) is 14.5. The van der Waals surface area contributed by atoms with Gasteiger partial charge in [0.1, 0.15) is 0 Å². The Bertz CT molecular complexity index is 238. The summed E-state index contributed by atoms with van der Waals surface area (Å²) in [6.45, 7) is 3.99. The van der Waals surface area contributed by atoms with Crippen molar-refractivity contribution in [3.8, 4) is 0 Å². The van der Waals surface area contributed by atoms with Crippen LogP contribution in [0.5, 0.6) is 0 Å². The monoisotopic (exact) mass is 242 g/mol. The lowest BCUT2D eigenvalue weighted by molar-refractivity contribution is -0.127. The summed E-state index contributed by atoms with van der Waals surface area (Å²) < 4.78 is 5.18. The van der Waals surface area contributed by atoms with Crippen molar-refractivity contribution in [2.75, 3.05) is 7.11 Å². The van der Waals surface area contributed by atoms with Crippen LogP contribution in [0.2, 0.25) is 0 Å². The maximum Gasteiger partial charge on any atom is 0.223 e. The van der Waals surface area contributed by atoms with Crippen LogP contribution in [0.1, 0.15) is 46.0 Å². The molecule has 1 amide bonds. The van der Waals surface area contributed by atoms with Crippen molar-refractivity contribution in [1.29, 1.82) is 0 Å². The number of carbonyl (C=O) groups excluding carboxylic acids is 1. The normalized spacial score (nSPS) is 27.1. The summed E-state index contributed by atoms with van der Waals surface area (Å²) in [6, 6.07) is 0.558. The Labute approximate surface area is 104 Å². The molecule has 2 atom stereocenters. The fraction of sp³-hybridized carbons (Fsp3) is 0.923. The molecule has 3 N–H and O–H groups in total. The maximum atomic E-state index is 11.8. The Kier molecular flexibility index (Phi) is 5.92. The van der Waals surface area contributed by atoms with Crippen LogP contribution >= 0.6 is 0 Å². The number of amides is 1. The minimum absolute atomic E-state index is 0.0929. The average Bonchev–Trinajstić information content (AvgIpc) is 2.21. The number of hydrogen-bond acceptors (Lipinski definition) is 3. The third-order valence-corrected chi connectivity index (χ3v) is 3.52. The third-order valence-electron chi connectivity index (χ3n) is 3.52. The molecule has 0 spiro atoms. The van der Waals surface area contributed by atoms with Gasteiger partial charge in [-0.3, -0.25) is 4.79 Å². The topological polar surface area (TPSA) is 64.3 Å². The van der Waals surface area contributed by atoms with Crippen LogP contribution in [0.25, 0.3) is 0 Å². The Balaban J connectivity index is 2.10. The molecule has 1 fully saturated rings. The van der Waals surface area contributed by atoms with Gasteiger partial charge in [0.05, 0.1) is 6.10 Å². The standard InChI is InChI=1S/C13H26N2O2/c1-9(5-4-6-10(2)14)13(16)15-11-7-12(8-11)17-3/h9-12H,4-8,14H2,1-3H3,(H,15,16). The van der Waals surface area contributed by atoms with Crippen molar-refractivity contribution in [1.82, 2.24) is 5.32 Å². The minimum Gasteiger partial charge on any atom is -0.381 e. The van der Waals surface area contributed by atoms with Crippen molar-refractivity contribution >= 4 is 5.91 Å². The first-order valence-electron chi connectivity index (χ1n) is 6.61. The molecule has 2 unspecified atom stereocenters. The number of nitrogens with one attached hydrogen (secondary N) is 1. The van der Waals surface area contributed by atoms with E-state index in [2.05, 4.69) is 5.32 Å². The van der Waals surface area contributed by atoms with E-state index in [0.717, 1.165) is 32.1 Å². The van der Waals surface area contributed by atoms with Crippen LogP contribution in [0.3, 0.4) is 0 Å². The molecule has 0 aromatic rings. The number of rotatable bonds is 7. The van der Waals surface area contributed by atoms with Crippen molar-refractivity contribution in [2.45, 2.75) is 64.1 Å². The second kappa shape index (κ2) is 6.97. The highest BCUT2D eigenvalue weighted by Crippen LogP contribution is 2.23. The lowest BCUT2D eigenvalue weighted by atomic mass is 9.88. The molecular formula is C13H26N2O2. The zero-order valence-corrected chi connectivity index (χ0v) is 11.2. The molecule has 1 aliphatic carbocycles. The van der Waals surface area contributed by atoms with Gasteiger partial charge in [-0.2, -0.15) is 0 Å². The van der Waals surface area contributed by atoms with Gasteiger partial charge in [-0.15, -0.1) is 0 Å². The van der Waals surface area contributed by atoms with Crippen LogP contribution in [0, 0.1) is 5.92 Å². The lowest BCUT2D eigenvalue weighted by Crippen LogP contribution is -2.48. The van der Waals surface area contributed by atoms with E-state index in [4.69, 9.17) is 10.5 Å². The Hall–Kier alpha value is -0.610. The van der Waals surface area contributed by atoms with Crippen LogP contribution in [0.4, 0.5) is 0 Å². The van der Waals surface area contributed by atoms with Crippen LogP contribution in [-0.4, -0.2) is 31.2 Å². The first-order valence-corrected chi connectivity index (χ1v) is 6.61. The van der Waals surface area contributed by atoms with Gasteiger partial charge >= 0.3 is 0 Å². The highest BCUT2D eigenvalue weighted by atomic mass is 16.5. The molecule has 17 heavy (non-hydrogen) atoms. The summed E-state index contributed by atoms with van der Waals surface area (Å²) in [5.41, 5.74) is 5.68. The number of carbonyl (C=O) groups is 1. The van der Waals surface area contributed by atoms with Crippen molar-refractivity contribution in [3.05, 3.63) is 0 Å². The van der Waals surface area contributed by atoms with Crippen molar-refractivity contribution in [3.63, 3.8) is 0 Å². The maximum absolute atomic E-state index is 11.8. The zero-order valence-electron chi connectivity index (χ0n) is 11.2. The Morgan fingerprint density at radius 3 is 2.59 bits per heavy atom. The summed E-state index contributed by atoms with van der Waals surface area (Å²) in [4.78, 5) is 11.8. The largest absolute Gasteiger partial charge is 0.381 e. The molecule has 1 rings (SSSR count). The molecule has 0 heterocycles. The van der Waals surface area contributed by atoms with Gasteiger partial charge in [0, 0.05) is 25.1 Å². The summed E-state index contributed by atoms with van der Waals surface area (Å²) in [6.07, 6.45) is 5.19. The number of methoxy groups -OCH3 is 1. The molecular weight excluding hydrogens is 216 g/mol. The van der Waals surface area contributed by atoms with E-state index in [1.54, 1.807) is 7.11 Å². The Morgan fingerprint density at radius 1 is 1.41 bits per heavy atom. The minimum atomic E-state index is 0.0929. The third kappa shape index (κ3) is 5.04. The fourth-order valence-electron chi connectivity index (χ4n) is 2.10. The van der Waals surface area contributed by atoms with Gasteiger partial charge in [-0.05, 0) is 32.6 Å². The van der Waals surface area contributed by atoms with Crippen LogP contribution in [-0.2, 0) is 9.53 Å². The van der Waals surface area contributed by atoms with Gasteiger partial charge in [-0.25, -0.2) is 0 Å². The quantitative estimate of drug-likeness (QED) is 0.710. The molecule has 0 aliphatic heterocycles. The van der Waals surface area contributed by atoms with Gasteiger partial charge in [-0.1, -0.05) is 13.3 Å². The molecule has 1 aliphatic rings. The number of hydrogen-bond donors (Lipinski definition) is 2. The molecule has 4 nitrogen and oxygen atoms in total. The molecule has 1 saturated carbocycles. The first-order chi connectivity index (χ1) is 8.02. The van der Waals surface area contributed by atoms with Crippen molar-refractivity contribution < 1.29 is 9.53 Å². The van der Waals surface area contributed by atoms with E-state index in [1.165, 1.54) is 0 Å². The number of ether oxygens (including phenoxy) is 1. The molecule has 100 valence electrons. The summed E-state index contributed by atoms with van der Waals surface area (Å²) >= 11 is 0. The van der Waals surface area contributed by atoms with E-state index in [-0.39, 0.29) is 17.9 Å². The zero-order chi connectivity index (χ0) is 12.8. The Morgan fingerprint density at radius 2 is 2.06 bits per heavy atom. The second-order valence-corrected chi connectivity index (χ2v) is 5.34. The SMILES string of the molecule is COC1CC(NC(=O)C(C)CCCC(C)N)C1. The van der Waals surface area contributed by atoms with E-state index in [1.807, 2.05) is 13.8 Å². The van der Waals surface area contributed by atoms with Crippen molar-refractivity contribution in [2.24, 2.45) is 11.7 Å². The van der Waals surface area contributed by atoms with Gasteiger partial charge in [0.15, 0.2) is 0 Å². The predicted molar refractivity (Wildman–Crippen MR) is 68.6 cm³/mol. The summed E-state index contributed by atoms with van der Waals surface area (Å²) in [5.74, 6) is 0.268. The van der Waals surface area contributed by atoms with Crippen LogP contribution < -0.4 is 11.1 Å². The average molecular weight is 242 g/mol. The van der Waals surface area contributed by atoms with E-state index in [0.29, 0.717) is 12.1 Å². The lowest BCUT2D eigenvalue weighted by Gasteiger charge is -2.35. The predicted octanol–water partition coefficient (Wildman–Crippen LogP) is 1.43. The highest BCUT2D eigenvalue weighted by molar-refractivity contribution is 5.78. The highest BCUT2D eigenvalue weighted by Gasteiger charge is 2.30.